The number of hydrogen-bond donors (Lipinski definition) is 0. The fraction of sp³-hybridized carbons (Fsp3) is 0.167. The third-order valence-corrected chi connectivity index (χ3v) is 3.60. The number of aromatic nitrogens is 2. The molecule has 0 saturated carbocycles. The Morgan fingerprint density at radius 2 is 1.61 bits per heavy atom. The molecule has 0 saturated heterocycles. The summed E-state index contributed by atoms with van der Waals surface area (Å²) in [6.07, 6.45) is -4.36. The van der Waals surface area contributed by atoms with E-state index >= 15 is 0 Å². The lowest BCUT2D eigenvalue weighted by Gasteiger charge is -2.11. The Morgan fingerprint density at radius 1 is 0.913 bits per heavy atom. The van der Waals surface area contributed by atoms with Crippen LogP contribution in [-0.4, -0.2) is 9.78 Å². The molecule has 23 heavy (non-hydrogen) atoms. The molecule has 5 heteroatoms. The number of hydrogen-bond acceptors (Lipinski definition) is 1. The zero-order chi connectivity index (χ0) is 16.6. The van der Waals surface area contributed by atoms with Crippen molar-refractivity contribution in [1.82, 2.24) is 9.78 Å². The van der Waals surface area contributed by atoms with Crippen LogP contribution in [0.5, 0.6) is 0 Å². The molecule has 2 aromatic carbocycles. The maximum Gasteiger partial charge on any atom is 0.416 e. The molecule has 1 heterocycles. The molecule has 0 spiro atoms. The summed E-state index contributed by atoms with van der Waals surface area (Å²) in [6, 6.07) is 14.8. The van der Waals surface area contributed by atoms with Gasteiger partial charge in [-0.05, 0) is 44.2 Å². The van der Waals surface area contributed by atoms with Gasteiger partial charge in [0.15, 0.2) is 0 Å². The first-order valence-electron chi connectivity index (χ1n) is 7.16. The Bertz CT molecular complexity index is 830. The third kappa shape index (κ3) is 3.13. The number of benzene rings is 2. The van der Waals surface area contributed by atoms with Crippen molar-refractivity contribution in [3.05, 3.63) is 71.4 Å². The van der Waals surface area contributed by atoms with Crippen molar-refractivity contribution in [3.8, 4) is 16.9 Å². The second kappa shape index (κ2) is 5.57. The summed E-state index contributed by atoms with van der Waals surface area (Å²) < 4.78 is 40.5. The van der Waals surface area contributed by atoms with Crippen molar-refractivity contribution < 1.29 is 13.2 Å². The van der Waals surface area contributed by atoms with Gasteiger partial charge in [-0.3, -0.25) is 0 Å². The number of rotatable bonds is 2. The lowest BCUT2D eigenvalue weighted by molar-refractivity contribution is -0.137. The molecule has 0 radical (unpaired) electrons. The molecule has 0 aliphatic heterocycles. The number of halogens is 3. The molecule has 0 aliphatic rings. The van der Waals surface area contributed by atoms with E-state index in [0.717, 1.165) is 29.1 Å². The standard InChI is InChI=1S/C18H15F3N2/c1-12-6-8-16(9-7-12)23-17(10-13(2)22-23)14-4-3-5-15(11-14)18(19,20)21/h3-11H,1-2H3. The highest BCUT2D eigenvalue weighted by molar-refractivity contribution is 5.63. The average Bonchev–Trinajstić information content (AvgIpc) is 2.89. The smallest absolute Gasteiger partial charge is 0.233 e. The van der Waals surface area contributed by atoms with Gasteiger partial charge in [0.2, 0.25) is 0 Å². The van der Waals surface area contributed by atoms with Gasteiger partial charge in [-0.1, -0.05) is 29.8 Å². The molecule has 0 N–H and O–H groups in total. The van der Waals surface area contributed by atoms with Crippen molar-refractivity contribution in [2.75, 3.05) is 0 Å². The summed E-state index contributed by atoms with van der Waals surface area (Å²) in [7, 11) is 0. The van der Waals surface area contributed by atoms with Crippen molar-refractivity contribution in [3.63, 3.8) is 0 Å². The van der Waals surface area contributed by atoms with Crippen molar-refractivity contribution in [1.29, 1.82) is 0 Å². The maximum atomic E-state index is 12.9. The van der Waals surface area contributed by atoms with E-state index in [-0.39, 0.29) is 0 Å². The van der Waals surface area contributed by atoms with Crippen LogP contribution in [0.1, 0.15) is 16.8 Å². The Labute approximate surface area is 132 Å². The Hall–Kier alpha value is -2.56. The molecule has 0 aliphatic carbocycles. The highest BCUT2D eigenvalue weighted by Crippen LogP contribution is 2.33. The van der Waals surface area contributed by atoms with Crippen LogP contribution in [0.4, 0.5) is 13.2 Å². The van der Waals surface area contributed by atoms with Crippen LogP contribution in [0.15, 0.2) is 54.6 Å². The highest BCUT2D eigenvalue weighted by Gasteiger charge is 2.30. The highest BCUT2D eigenvalue weighted by atomic mass is 19.4. The van der Waals surface area contributed by atoms with Gasteiger partial charge >= 0.3 is 6.18 Å². The number of aryl methyl sites for hydroxylation is 2. The average molecular weight is 316 g/mol. The van der Waals surface area contributed by atoms with Gasteiger partial charge in [-0.15, -0.1) is 0 Å². The Balaban J connectivity index is 2.13. The van der Waals surface area contributed by atoms with E-state index < -0.39 is 11.7 Å². The topological polar surface area (TPSA) is 17.8 Å². The quantitative estimate of drug-likeness (QED) is 0.637. The van der Waals surface area contributed by atoms with Gasteiger partial charge in [-0.25, -0.2) is 4.68 Å². The van der Waals surface area contributed by atoms with Crippen molar-refractivity contribution in [2.45, 2.75) is 20.0 Å². The van der Waals surface area contributed by atoms with Gasteiger partial charge in [0.25, 0.3) is 0 Å². The van der Waals surface area contributed by atoms with E-state index in [1.807, 2.05) is 38.1 Å². The molecule has 2 nitrogen and oxygen atoms in total. The summed E-state index contributed by atoms with van der Waals surface area (Å²) in [5.41, 5.74) is 3.13. The van der Waals surface area contributed by atoms with Crippen LogP contribution in [0.3, 0.4) is 0 Å². The zero-order valence-electron chi connectivity index (χ0n) is 12.7. The van der Waals surface area contributed by atoms with E-state index in [9.17, 15) is 13.2 Å². The fourth-order valence-electron chi connectivity index (χ4n) is 2.44. The van der Waals surface area contributed by atoms with Crippen LogP contribution in [0.2, 0.25) is 0 Å². The maximum absolute atomic E-state index is 12.9. The van der Waals surface area contributed by atoms with E-state index in [2.05, 4.69) is 5.10 Å². The first-order valence-corrected chi connectivity index (χ1v) is 7.16. The largest absolute Gasteiger partial charge is 0.416 e. The summed E-state index contributed by atoms with van der Waals surface area (Å²) >= 11 is 0. The van der Waals surface area contributed by atoms with Gasteiger partial charge in [0.1, 0.15) is 0 Å². The minimum absolute atomic E-state index is 0.487. The zero-order valence-corrected chi connectivity index (χ0v) is 12.7. The SMILES string of the molecule is Cc1ccc(-n2nc(C)cc2-c2cccc(C(F)(F)F)c2)cc1. The van der Waals surface area contributed by atoms with Crippen LogP contribution in [-0.2, 0) is 6.18 Å². The van der Waals surface area contributed by atoms with Crippen LogP contribution in [0.25, 0.3) is 16.9 Å². The predicted octanol–water partition coefficient (Wildman–Crippen LogP) is 5.17. The fourth-order valence-corrected chi connectivity index (χ4v) is 2.44. The van der Waals surface area contributed by atoms with Gasteiger partial charge in [0.05, 0.1) is 22.6 Å². The summed E-state index contributed by atoms with van der Waals surface area (Å²) in [4.78, 5) is 0. The minimum atomic E-state index is -4.36. The molecule has 0 amide bonds. The van der Waals surface area contributed by atoms with E-state index in [0.29, 0.717) is 11.3 Å². The second-order valence-electron chi connectivity index (χ2n) is 5.50. The lowest BCUT2D eigenvalue weighted by atomic mass is 10.1. The summed E-state index contributed by atoms with van der Waals surface area (Å²) in [6.45, 7) is 3.80. The molecule has 118 valence electrons. The first-order chi connectivity index (χ1) is 10.8. The van der Waals surface area contributed by atoms with Crippen LogP contribution < -0.4 is 0 Å². The summed E-state index contributed by atoms with van der Waals surface area (Å²) in [5, 5.41) is 4.41. The normalized spacial score (nSPS) is 11.7. The van der Waals surface area contributed by atoms with Crippen molar-refractivity contribution in [2.24, 2.45) is 0 Å². The van der Waals surface area contributed by atoms with Gasteiger partial charge < -0.3 is 0 Å². The van der Waals surface area contributed by atoms with Crippen molar-refractivity contribution >= 4 is 0 Å². The van der Waals surface area contributed by atoms with Gasteiger partial charge in [0, 0.05) is 5.56 Å². The minimum Gasteiger partial charge on any atom is -0.233 e. The number of alkyl halides is 3. The number of nitrogens with zero attached hydrogens (tertiary/aromatic N) is 2. The molecule has 0 bridgehead atoms. The second-order valence-corrected chi connectivity index (χ2v) is 5.50. The molecule has 3 aromatic rings. The first kappa shape index (κ1) is 15.3. The van der Waals surface area contributed by atoms with Crippen LogP contribution >= 0.6 is 0 Å². The van der Waals surface area contributed by atoms with Crippen LogP contribution in [0, 0.1) is 13.8 Å². The molecule has 0 unspecified atom stereocenters. The molecule has 0 atom stereocenters. The van der Waals surface area contributed by atoms with E-state index in [1.54, 1.807) is 16.8 Å². The third-order valence-electron chi connectivity index (χ3n) is 3.60. The van der Waals surface area contributed by atoms with E-state index in [1.165, 1.54) is 6.07 Å². The monoisotopic (exact) mass is 316 g/mol. The molecular weight excluding hydrogens is 301 g/mol. The Kier molecular flexibility index (Phi) is 3.72. The summed E-state index contributed by atoms with van der Waals surface area (Å²) in [5.74, 6) is 0. The molecular formula is C18H15F3N2. The van der Waals surface area contributed by atoms with Gasteiger partial charge in [-0.2, -0.15) is 18.3 Å². The predicted molar refractivity (Wildman–Crippen MR) is 83.5 cm³/mol. The molecule has 0 fully saturated rings. The Morgan fingerprint density at radius 3 is 2.26 bits per heavy atom. The van der Waals surface area contributed by atoms with E-state index in [4.69, 9.17) is 0 Å². The molecule has 1 aromatic heterocycles. The molecule has 3 rings (SSSR count). The lowest BCUT2D eigenvalue weighted by Crippen LogP contribution is -2.05.